The molecule has 1 N–H and O–H groups in total. The van der Waals surface area contributed by atoms with Crippen LogP contribution in [-0.2, 0) is 0 Å². The van der Waals surface area contributed by atoms with Gasteiger partial charge in [-0.3, -0.25) is 0 Å². The number of hydrogen-bond donors (Lipinski definition) is 1. The Balaban J connectivity index is 3.32. The molecule has 1 atom stereocenters. The lowest BCUT2D eigenvalue weighted by Crippen LogP contribution is -2.30. The van der Waals surface area contributed by atoms with E-state index >= 15 is 0 Å². The summed E-state index contributed by atoms with van der Waals surface area (Å²) in [5.41, 5.74) is 0.437. The molecule has 0 heterocycles. The second kappa shape index (κ2) is 6.72. The van der Waals surface area contributed by atoms with Gasteiger partial charge in [0.1, 0.15) is 0 Å². The Morgan fingerprint density at radius 3 is 2.38 bits per heavy atom. The lowest BCUT2D eigenvalue weighted by Gasteiger charge is -2.27. The molecule has 0 rings (SSSR count). The molecular formula is C11H25NS. The Kier molecular flexibility index (Phi) is 6.88. The van der Waals surface area contributed by atoms with Crippen LogP contribution in [0.5, 0.6) is 0 Å². The van der Waals surface area contributed by atoms with E-state index in [0.717, 1.165) is 12.5 Å². The molecule has 0 saturated carbocycles. The highest BCUT2D eigenvalue weighted by Gasteiger charge is 2.18. The van der Waals surface area contributed by atoms with Crippen LogP contribution in [-0.4, -0.2) is 25.1 Å². The molecule has 0 amide bonds. The molecule has 0 bridgehead atoms. The standard InChI is InChI=1S/C11H25NS/c1-10(11(2,3)4)9-12-7-6-8-13-5/h10,12H,6-9H2,1-5H3. The molecule has 0 radical (unpaired) electrons. The van der Waals surface area contributed by atoms with Crippen LogP contribution in [0.1, 0.15) is 34.1 Å². The van der Waals surface area contributed by atoms with Crippen molar-refractivity contribution in [3.05, 3.63) is 0 Å². The van der Waals surface area contributed by atoms with E-state index in [-0.39, 0.29) is 0 Å². The summed E-state index contributed by atoms with van der Waals surface area (Å²) < 4.78 is 0. The Labute approximate surface area is 88.1 Å². The Hall–Kier alpha value is 0.310. The van der Waals surface area contributed by atoms with E-state index in [1.54, 1.807) is 0 Å². The van der Waals surface area contributed by atoms with Gasteiger partial charge in [0.25, 0.3) is 0 Å². The molecule has 0 spiro atoms. The van der Waals surface area contributed by atoms with Crippen molar-refractivity contribution in [1.29, 1.82) is 0 Å². The minimum atomic E-state index is 0.437. The van der Waals surface area contributed by atoms with Crippen LogP contribution in [0.3, 0.4) is 0 Å². The van der Waals surface area contributed by atoms with Crippen LogP contribution >= 0.6 is 11.8 Å². The lowest BCUT2D eigenvalue weighted by atomic mass is 9.82. The SMILES string of the molecule is CSCCCNCC(C)C(C)(C)C. The molecule has 0 aliphatic rings. The fraction of sp³-hybridized carbons (Fsp3) is 1.00. The van der Waals surface area contributed by atoms with E-state index < -0.39 is 0 Å². The van der Waals surface area contributed by atoms with Gasteiger partial charge in [0.15, 0.2) is 0 Å². The molecule has 1 unspecified atom stereocenters. The van der Waals surface area contributed by atoms with Gasteiger partial charge in [-0.25, -0.2) is 0 Å². The molecule has 0 saturated heterocycles. The van der Waals surface area contributed by atoms with E-state index in [4.69, 9.17) is 0 Å². The molecule has 2 heteroatoms. The quantitative estimate of drug-likeness (QED) is 0.666. The van der Waals surface area contributed by atoms with E-state index in [2.05, 4.69) is 39.3 Å². The monoisotopic (exact) mass is 203 g/mol. The van der Waals surface area contributed by atoms with E-state index in [0.29, 0.717) is 5.41 Å². The van der Waals surface area contributed by atoms with Crippen molar-refractivity contribution in [3.8, 4) is 0 Å². The molecule has 1 nitrogen and oxygen atoms in total. The zero-order valence-electron chi connectivity index (χ0n) is 9.81. The topological polar surface area (TPSA) is 12.0 Å². The van der Waals surface area contributed by atoms with Crippen molar-refractivity contribution in [1.82, 2.24) is 5.32 Å². The minimum Gasteiger partial charge on any atom is -0.316 e. The van der Waals surface area contributed by atoms with Crippen LogP contribution in [0.15, 0.2) is 0 Å². The van der Waals surface area contributed by atoms with Gasteiger partial charge in [-0.05, 0) is 42.9 Å². The molecule has 0 fully saturated rings. The third kappa shape index (κ3) is 7.39. The highest BCUT2D eigenvalue weighted by Crippen LogP contribution is 2.24. The highest BCUT2D eigenvalue weighted by molar-refractivity contribution is 7.98. The van der Waals surface area contributed by atoms with E-state index in [9.17, 15) is 0 Å². The van der Waals surface area contributed by atoms with Gasteiger partial charge in [-0.15, -0.1) is 0 Å². The van der Waals surface area contributed by atoms with Gasteiger partial charge in [0.05, 0.1) is 0 Å². The van der Waals surface area contributed by atoms with Crippen LogP contribution in [0.4, 0.5) is 0 Å². The average Bonchev–Trinajstić information content (AvgIpc) is 2.02. The fourth-order valence-electron chi connectivity index (χ4n) is 0.966. The van der Waals surface area contributed by atoms with Gasteiger partial charge in [0.2, 0.25) is 0 Å². The number of nitrogens with one attached hydrogen (secondary N) is 1. The van der Waals surface area contributed by atoms with Gasteiger partial charge in [-0.1, -0.05) is 27.7 Å². The van der Waals surface area contributed by atoms with E-state index in [1.807, 2.05) is 11.8 Å². The first-order chi connectivity index (χ1) is 5.98. The summed E-state index contributed by atoms with van der Waals surface area (Å²) >= 11 is 1.93. The van der Waals surface area contributed by atoms with Gasteiger partial charge < -0.3 is 5.32 Å². The molecule has 0 aliphatic heterocycles. The average molecular weight is 203 g/mol. The maximum absolute atomic E-state index is 3.51. The predicted octanol–water partition coefficient (Wildman–Crippen LogP) is 3.01. The molecule has 0 aliphatic carbocycles. The summed E-state index contributed by atoms with van der Waals surface area (Å²) in [7, 11) is 0. The first-order valence-electron chi connectivity index (χ1n) is 5.18. The summed E-state index contributed by atoms with van der Waals surface area (Å²) in [4.78, 5) is 0. The summed E-state index contributed by atoms with van der Waals surface area (Å²) in [6.07, 6.45) is 3.45. The number of rotatable bonds is 6. The fourth-order valence-corrected chi connectivity index (χ4v) is 1.40. The van der Waals surface area contributed by atoms with Crippen LogP contribution < -0.4 is 5.32 Å². The first-order valence-corrected chi connectivity index (χ1v) is 6.57. The smallest absolute Gasteiger partial charge is 0.00182 e. The minimum absolute atomic E-state index is 0.437. The van der Waals surface area contributed by atoms with Gasteiger partial charge in [-0.2, -0.15) is 11.8 Å². The van der Waals surface area contributed by atoms with Crippen molar-refractivity contribution in [2.45, 2.75) is 34.1 Å². The van der Waals surface area contributed by atoms with Crippen LogP contribution in [0, 0.1) is 11.3 Å². The van der Waals surface area contributed by atoms with Crippen molar-refractivity contribution >= 4 is 11.8 Å². The van der Waals surface area contributed by atoms with Gasteiger partial charge >= 0.3 is 0 Å². The summed E-state index contributed by atoms with van der Waals surface area (Å²) in [6.45, 7) is 11.6. The maximum Gasteiger partial charge on any atom is -0.00182 e. The summed E-state index contributed by atoms with van der Waals surface area (Å²) in [6, 6.07) is 0. The van der Waals surface area contributed by atoms with Crippen LogP contribution in [0.2, 0.25) is 0 Å². The maximum atomic E-state index is 3.51. The molecule has 0 aromatic carbocycles. The Bertz CT molecular complexity index is 118. The largest absolute Gasteiger partial charge is 0.316 e. The third-order valence-electron chi connectivity index (χ3n) is 2.63. The molecule has 0 aromatic rings. The zero-order valence-corrected chi connectivity index (χ0v) is 10.6. The summed E-state index contributed by atoms with van der Waals surface area (Å²) in [5, 5.41) is 3.51. The Morgan fingerprint density at radius 1 is 1.31 bits per heavy atom. The first kappa shape index (κ1) is 13.3. The molecule has 0 aromatic heterocycles. The van der Waals surface area contributed by atoms with Crippen LogP contribution in [0.25, 0.3) is 0 Å². The second-order valence-electron chi connectivity index (χ2n) is 4.82. The van der Waals surface area contributed by atoms with Crippen molar-refractivity contribution < 1.29 is 0 Å². The number of hydrogen-bond acceptors (Lipinski definition) is 2. The van der Waals surface area contributed by atoms with E-state index in [1.165, 1.54) is 18.7 Å². The third-order valence-corrected chi connectivity index (χ3v) is 3.33. The normalized spacial score (nSPS) is 14.5. The predicted molar refractivity (Wildman–Crippen MR) is 64.5 cm³/mol. The lowest BCUT2D eigenvalue weighted by molar-refractivity contribution is 0.253. The van der Waals surface area contributed by atoms with Gasteiger partial charge in [0, 0.05) is 0 Å². The second-order valence-corrected chi connectivity index (χ2v) is 5.80. The van der Waals surface area contributed by atoms with Crippen molar-refractivity contribution in [3.63, 3.8) is 0 Å². The molecular weight excluding hydrogens is 178 g/mol. The highest BCUT2D eigenvalue weighted by atomic mass is 32.2. The van der Waals surface area contributed by atoms with Crippen molar-refractivity contribution in [2.75, 3.05) is 25.1 Å². The van der Waals surface area contributed by atoms with Crippen molar-refractivity contribution in [2.24, 2.45) is 11.3 Å². The molecule has 13 heavy (non-hydrogen) atoms. The Morgan fingerprint density at radius 2 is 1.92 bits per heavy atom. The number of thioether (sulfide) groups is 1. The summed E-state index contributed by atoms with van der Waals surface area (Å²) in [5.74, 6) is 2.03. The zero-order chi connectivity index (χ0) is 10.3. The molecule has 80 valence electrons.